The van der Waals surface area contributed by atoms with E-state index in [1.54, 1.807) is 31.2 Å². The highest BCUT2D eigenvalue weighted by Crippen LogP contribution is 2.31. The first-order valence-corrected chi connectivity index (χ1v) is 10.8. The lowest BCUT2D eigenvalue weighted by Crippen LogP contribution is -2.10. The van der Waals surface area contributed by atoms with Gasteiger partial charge >= 0.3 is 6.18 Å². The minimum Gasteiger partial charge on any atom is -0.352 e. The van der Waals surface area contributed by atoms with Gasteiger partial charge in [-0.3, -0.25) is 4.79 Å². The van der Waals surface area contributed by atoms with E-state index < -0.39 is 33.8 Å². The van der Waals surface area contributed by atoms with Crippen molar-refractivity contribution in [3.05, 3.63) is 64.5 Å². The van der Waals surface area contributed by atoms with Crippen LogP contribution in [0.3, 0.4) is 0 Å². The average molecular weight is 458 g/mol. The Labute approximate surface area is 175 Å². The molecule has 3 rings (SSSR count). The number of benzene rings is 1. The van der Waals surface area contributed by atoms with Crippen molar-refractivity contribution in [1.82, 2.24) is 10.1 Å². The Morgan fingerprint density at radius 1 is 1.23 bits per heavy atom. The zero-order valence-corrected chi connectivity index (χ0v) is 17.3. The van der Waals surface area contributed by atoms with Crippen LogP contribution in [0, 0.1) is 6.92 Å². The summed E-state index contributed by atoms with van der Waals surface area (Å²) >= 11 is 6.15. The first-order chi connectivity index (χ1) is 14.0. The van der Waals surface area contributed by atoms with Crippen molar-refractivity contribution in [2.45, 2.75) is 18.1 Å². The molecule has 0 unspecified atom stereocenters. The van der Waals surface area contributed by atoms with Crippen LogP contribution in [0.1, 0.15) is 21.7 Å². The summed E-state index contributed by atoms with van der Waals surface area (Å²) in [7, 11) is -3.20. The van der Waals surface area contributed by atoms with Gasteiger partial charge in [0.15, 0.2) is 0 Å². The summed E-state index contributed by atoms with van der Waals surface area (Å²) in [5.74, 6) is -0.649. The SMILES string of the molecule is Cc1c(-c2ccccc2Cl)noc1C(=O)CN=[S@@](C)(=O)c1ccc(C(F)(F)F)cn1. The molecule has 30 heavy (non-hydrogen) atoms. The summed E-state index contributed by atoms with van der Waals surface area (Å²) in [5, 5.41) is 4.17. The molecule has 3 aromatic rings. The average Bonchev–Trinajstić information content (AvgIpc) is 3.07. The van der Waals surface area contributed by atoms with Crippen molar-refractivity contribution in [2.24, 2.45) is 4.36 Å². The molecule has 0 fully saturated rings. The van der Waals surface area contributed by atoms with Crippen LogP contribution in [0.25, 0.3) is 11.3 Å². The number of rotatable bonds is 5. The molecule has 0 bridgehead atoms. The van der Waals surface area contributed by atoms with E-state index in [9.17, 15) is 22.2 Å². The molecule has 0 aliphatic rings. The van der Waals surface area contributed by atoms with E-state index in [0.29, 0.717) is 28.0 Å². The van der Waals surface area contributed by atoms with Crippen LogP contribution in [0.4, 0.5) is 13.2 Å². The molecule has 0 N–H and O–H groups in total. The maximum Gasteiger partial charge on any atom is 0.417 e. The third-order valence-corrected chi connectivity index (χ3v) is 6.18. The Bertz CT molecular complexity index is 1210. The molecule has 0 spiro atoms. The molecule has 6 nitrogen and oxygen atoms in total. The van der Waals surface area contributed by atoms with Crippen LogP contribution < -0.4 is 0 Å². The van der Waals surface area contributed by atoms with Crippen LogP contribution in [0.2, 0.25) is 5.02 Å². The van der Waals surface area contributed by atoms with Crippen LogP contribution in [0.5, 0.6) is 0 Å². The predicted octanol–water partition coefficient (Wildman–Crippen LogP) is 5.06. The number of alkyl halides is 3. The van der Waals surface area contributed by atoms with Gasteiger partial charge in [-0.05, 0) is 25.1 Å². The lowest BCUT2D eigenvalue weighted by molar-refractivity contribution is -0.137. The van der Waals surface area contributed by atoms with Gasteiger partial charge in [-0.2, -0.15) is 13.2 Å². The fourth-order valence-electron chi connectivity index (χ4n) is 2.59. The maximum atomic E-state index is 12.7. The third kappa shape index (κ3) is 4.54. The number of halogens is 4. The smallest absolute Gasteiger partial charge is 0.352 e. The van der Waals surface area contributed by atoms with Crippen molar-refractivity contribution in [3.8, 4) is 11.3 Å². The summed E-state index contributed by atoms with van der Waals surface area (Å²) in [6, 6.07) is 8.65. The number of hydrogen-bond donors (Lipinski definition) is 0. The summed E-state index contributed by atoms with van der Waals surface area (Å²) in [6.07, 6.45) is -2.79. The van der Waals surface area contributed by atoms with Gasteiger partial charge in [-0.15, -0.1) is 0 Å². The van der Waals surface area contributed by atoms with Gasteiger partial charge in [-0.1, -0.05) is 35.0 Å². The number of pyridine rings is 1. The molecule has 11 heteroatoms. The molecule has 2 heterocycles. The zero-order chi connectivity index (χ0) is 22.1. The first-order valence-electron chi connectivity index (χ1n) is 8.46. The topological polar surface area (TPSA) is 85.4 Å². The van der Waals surface area contributed by atoms with Crippen molar-refractivity contribution >= 4 is 27.1 Å². The molecule has 0 saturated heterocycles. The fourth-order valence-corrected chi connectivity index (χ4v) is 3.88. The van der Waals surface area contributed by atoms with Gasteiger partial charge in [0.25, 0.3) is 0 Å². The van der Waals surface area contributed by atoms with Gasteiger partial charge in [0.1, 0.15) is 17.3 Å². The summed E-state index contributed by atoms with van der Waals surface area (Å²) in [4.78, 5) is 16.1. The van der Waals surface area contributed by atoms with Gasteiger partial charge in [0.2, 0.25) is 11.5 Å². The number of carbonyl (C=O) groups excluding carboxylic acids is 1. The highest BCUT2D eigenvalue weighted by Gasteiger charge is 2.31. The van der Waals surface area contributed by atoms with Crippen molar-refractivity contribution in [3.63, 3.8) is 0 Å². The van der Waals surface area contributed by atoms with Crippen LogP contribution in [-0.2, 0) is 15.9 Å². The molecule has 158 valence electrons. The van der Waals surface area contributed by atoms with Crippen LogP contribution in [-0.4, -0.2) is 32.9 Å². The molecule has 0 aliphatic heterocycles. The summed E-state index contributed by atoms with van der Waals surface area (Å²) in [5.41, 5.74) is 0.454. The van der Waals surface area contributed by atoms with E-state index in [4.69, 9.17) is 16.1 Å². The largest absolute Gasteiger partial charge is 0.417 e. The van der Waals surface area contributed by atoms with E-state index >= 15 is 0 Å². The number of Topliss-reactive ketones (excluding diaryl/α,β-unsaturated/α-hetero) is 1. The Balaban J connectivity index is 1.83. The molecule has 2 aromatic heterocycles. The van der Waals surface area contributed by atoms with Crippen LogP contribution >= 0.6 is 11.6 Å². The second kappa shape index (κ2) is 8.19. The Hall–Kier alpha value is -2.72. The second-order valence-electron chi connectivity index (χ2n) is 6.36. The van der Waals surface area contributed by atoms with E-state index in [0.717, 1.165) is 12.1 Å². The summed E-state index contributed by atoms with van der Waals surface area (Å²) in [6.45, 7) is 1.11. The monoisotopic (exact) mass is 457 g/mol. The predicted molar refractivity (Wildman–Crippen MR) is 105 cm³/mol. The quantitative estimate of drug-likeness (QED) is 0.500. The van der Waals surface area contributed by atoms with Gasteiger partial charge in [-0.25, -0.2) is 13.6 Å². The Morgan fingerprint density at radius 2 is 1.93 bits per heavy atom. The normalized spacial score (nSPS) is 13.7. The Morgan fingerprint density at radius 3 is 2.53 bits per heavy atom. The minimum atomic E-state index is -4.56. The van der Waals surface area contributed by atoms with E-state index in [1.165, 1.54) is 6.26 Å². The highest BCUT2D eigenvalue weighted by atomic mass is 35.5. The van der Waals surface area contributed by atoms with Crippen molar-refractivity contribution < 1.29 is 26.7 Å². The lowest BCUT2D eigenvalue weighted by Gasteiger charge is -2.07. The van der Waals surface area contributed by atoms with Gasteiger partial charge < -0.3 is 4.52 Å². The number of carbonyl (C=O) groups is 1. The molecular formula is C19H15ClF3N3O3S. The van der Waals surface area contributed by atoms with Gasteiger partial charge in [0, 0.05) is 23.6 Å². The third-order valence-electron chi connectivity index (χ3n) is 4.21. The van der Waals surface area contributed by atoms with Gasteiger partial charge in [0.05, 0.1) is 20.3 Å². The first kappa shape index (κ1) is 22.0. The van der Waals surface area contributed by atoms with Crippen LogP contribution in [0.15, 0.2) is 56.5 Å². The van der Waals surface area contributed by atoms with E-state index in [2.05, 4.69) is 14.5 Å². The summed E-state index contributed by atoms with van der Waals surface area (Å²) < 4.78 is 59.6. The molecule has 1 aromatic carbocycles. The van der Waals surface area contributed by atoms with E-state index in [1.807, 2.05) is 0 Å². The molecule has 1 atom stereocenters. The van der Waals surface area contributed by atoms with E-state index in [-0.39, 0.29) is 10.8 Å². The number of ketones is 1. The standard InChI is InChI=1S/C19H15ClF3N3O3S/c1-11-17(13-5-3-4-6-14(13)20)26-29-18(11)15(27)10-25-30(2,28)16-8-7-12(9-24-16)19(21,22)23/h3-9H,10H2,1-2H3/t30-/m0/s1. The molecule has 0 aliphatic carbocycles. The zero-order valence-electron chi connectivity index (χ0n) is 15.7. The molecule has 0 radical (unpaired) electrons. The molecule has 0 amide bonds. The molecule has 0 saturated carbocycles. The minimum absolute atomic E-state index is 0.0655. The van der Waals surface area contributed by atoms with Crippen molar-refractivity contribution in [2.75, 3.05) is 12.8 Å². The highest BCUT2D eigenvalue weighted by molar-refractivity contribution is 7.92. The maximum absolute atomic E-state index is 12.7. The molecular weight excluding hydrogens is 443 g/mol. The second-order valence-corrected chi connectivity index (χ2v) is 9.05. The fraction of sp³-hybridized carbons (Fsp3) is 0.211. The number of nitrogens with zero attached hydrogens (tertiary/aromatic N) is 3. The lowest BCUT2D eigenvalue weighted by atomic mass is 10.1. The van der Waals surface area contributed by atoms with Crippen molar-refractivity contribution in [1.29, 1.82) is 0 Å². The number of aromatic nitrogens is 2. The Kier molecular flexibility index (Phi) is 6.00. The number of hydrogen-bond acceptors (Lipinski definition) is 6.